The fraction of sp³-hybridized carbons (Fsp3) is 0.130. The van der Waals surface area contributed by atoms with E-state index in [1.807, 2.05) is 53.5 Å². The van der Waals surface area contributed by atoms with E-state index in [1.165, 1.54) is 12.1 Å². The molecule has 0 saturated carbocycles. The maximum absolute atomic E-state index is 13.5. The summed E-state index contributed by atoms with van der Waals surface area (Å²) in [6.07, 6.45) is 0.731. The van der Waals surface area contributed by atoms with Crippen molar-refractivity contribution in [3.05, 3.63) is 89.7 Å². The molecular formula is C23H18FN3OS. The van der Waals surface area contributed by atoms with Crippen molar-refractivity contribution in [3.8, 4) is 5.75 Å². The SMILES string of the molecule is COc1ccc2nc(N3N=C(c4ccccc4)CC3c3ccc(F)cc3)sc2c1. The van der Waals surface area contributed by atoms with Crippen molar-refractivity contribution < 1.29 is 9.13 Å². The number of hydrogen-bond donors (Lipinski definition) is 0. The minimum atomic E-state index is -0.241. The number of hydrazone groups is 1. The molecule has 0 aliphatic carbocycles. The smallest absolute Gasteiger partial charge is 0.207 e. The molecule has 2 heterocycles. The van der Waals surface area contributed by atoms with E-state index in [0.717, 1.165) is 44.4 Å². The first-order valence-electron chi connectivity index (χ1n) is 9.33. The molecule has 1 aromatic heterocycles. The van der Waals surface area contributed by atoms with Gasteiger partial charge in [0.2, 0.25) is 5.13 Å². The third kappa shape index (κ3) is 3.36. The summed E-state index contributed by atoms with van der Waals surface area (Å²) in [6.45, 7) is 0. The number of benzene rings is 3. The zero-order valence-electron chi connectivity index (χ0n) is 15.7. The van der Waals surface area contributed by atoms with Crippen molar-refractivity contribution >= 4 is 32.4 Å². The van der Waals surface area contributed by atoms with E-state index in [1.54, 1.807) is 18.4 Å². The normalized spacial score (nSPS) is 16.3. The van der Waals surface area contributed by atoms with E-state index in [0.29, 0.717) is 0 Å². The number of ether oxygens (including phenoxy) is 1. The molecule has 6 heteroatoms. The summed E-state index contributed by atoms with van der Waals surface area (Å²) in [6, 6.07) is 22.6. The third-order valence-electron chi connectivity index (χ3n) is 5.05. The molecule has 1 unspecified atom stereocenters. The first-order valence-corrected chi connectivity index (χ1v) is 10.1. The summed E-state index contributed by atoms with van der Waals surface area (Å²) in [4.78, 5) is 4.80. The minimum Gasteiger partial charge on any atom is -0.497 e. The van der Waals surface area contributed by atoms with Crippen molar-refractivity contribution in [2.75, 3.05) is 12.1 Å². The first kappa shape index (κ1) is 17.8. The molecular weight excluding hydrogens is 385 g/mol. The molecule has 0 N–H and O–H groups in total. The number of halogens is 1. The van der Waals surface area contributed by atoms with Crippen LogP contribution in [0.5, 0.6) is 5.75 Å². The third-order valence-corrected chi connectivity index (χ3v) is 6.06. The molecule has 29 heavy (non-hydrogen) atoms. The Morgan fingerprint density at radius 1 is 1.03 bits per heavy atom. The number of hydrogen-bond acceptors (Lipinski definition) is 5. The van der Waals surface area contributed by atoms with Gasteiger partial charge in [-0.1, -0.05) is 53.8 Å². The quantitative estimate of drug-likeness (QED) is 0.432. The molecule has 0 fully saturated rings. The topological polar surface area (TPSA) is 37.7 Å². The van der Waals surface area contributed by atoms with Crippen LogP contribution in [0, 0.1) is 5.82 Å². The van der Waals surface area contributed by atoms with Crippen molar-refractivity contribution in [1.82, 2.24) is 4.98 Å². The molecule has 0 radical (unpaired) electrons. The fourth-order valence-electron chi connectivity index (χ4n) is 3.55. The van der Waals surface area contributed by atoms with Crippen LogP contribution in [0.2, 0.25) is 0 Å². The van der Waals surface area contributed by atoms with Crippen LogP contribution in [0.1, 0.15) is 23.6 Å². The Morgan fingerprint density at radius 2 is 1.83 bits per heavy atom. The molecule has 3 aromatic carbocycles. The maximum atomic E-state index is 13.5. The average molecular weight is 403 g/mol. The summed E-state index contributed by atoms with van der Waals surface area (Å²) >= 11 is 1.58. The van der Waals surface area contributed by atoms with Crippen LogP contribution in [0.25, 0.3) is 10.2 Å². The van der Waals surface area contributed by atoms with Gasteiger partial charge in [-0.2, -0.15) is 5.10 Å². The number of rotatable bonds is 4. The number of fused-ring (bicyclic) bond motifs is 1. The zero-order chi connectivity index (χ0) is 19.8. The van der Waals surface area contributed by atoms with Gasteiger partial charge >= 0.3 is 0 Å². The van der Waals surface area contributed by atoms with E-state index in [-0.39, 0.29) is 11.9 Å². The zero-order valence-corrected chi connectivity index (χ0v) is 16.6. The predicted octanol–water partition coefficient (Wildman–Crippen LogP) is 5.80. The van der Waals surface area contributed by atoms with E-state index in [2.05, 4.69) is 12.1 Å². The van der Waals surface area contributed by atoms with Crippen LogP contribution >= 0.6 is 11.3 Å². The van der Waals surface area contributed by atoms with Crippen LogP contribution < -0.4 is 9.75 Å². The minimum absolute atomic E-state index is 0.0340. The molecule has 0 spiro atoms. The predicted molar refractivity (Wildman–Crippen MR) is 115 cm³/mol. The van der Waals surface area contributed by atoms with Crippen molar-refractivity contribution in [1.29, 1.82) is 0 Å². The van der Waals surface area contributed by atoms with Crippen LogP contribution in [0.3, 0.4) is 0 Å². The molecule has 0 saturated heterocycles. The van der Waals surface area contributed by atoms with Gasteiger partial charge in [0.1, 0.15) is 11.6 Å². The highest BCUT2D eigenvalue weighted by molar-refractivity contribution is 7.22. The Hall–Kier alpha value is -3.25. The largest absolute Gasteiger partial charge is 0.497 e. The van der Waals surface area contributed by atoms with Gasteiger partial charge in [-0.25, -0.2) is 14.4 Å². The lowest BCUT2D eigenvalue weighted by Crippen LogP contribution is -2.18. The maximum Gasteiger partial charge on any atom is 0.207 e. The fourth-order valence-corrected chi connectivity index (χ4v) is 4.55. The van der Waals surface area contributed by atoms with Crippen LogP contribution in [-0.2, 0) is 0 Å². The highest BCUT2D eigenvalue weighted by atomic mass is 32.1. The molecule has 4 nitrogen and oxygen atoms in total. The summed E-state index contributed by atoms with van der Waals surface area (Å²) in [5, 5.41) is 7.70. The lowest BCUT2D eigenvalue weighted by Gasteiger charge is -2.21. The lowest BCUT2D eigenvalue weighted by molar-refractivity contribution is 0.415. The summed E-state index contributed by atoms with van der Waals surface area (Å²) < 4.78 is 19.9. The summed E-state index contributed by atoms with van der Waals surface area (Å²) in [5.74, 6) is 0.562. The van der Waals surface area contributed by atoms with Crippen molar-refractivity contribution in [2.45, 2.75) is 12.5 Å². The van der Waals surface area contributed by atoms with Gasteiger partial charge in [-0.15, -0.1) is 0 Å². The average Bonchev–Trinajstić information content (AvgIpc) is 3.38. The second-order valence-electron chi connectivity index (χ2n) is 6.86. The number of nitrogens with zero attached hydrogens (tertiary/aromatic N) is 3. The van der Waals surface area contributed by atoms with Gasteiger partial charge < -0.3 is 4.74 Å². The van der Waals surface area contributed by atoms with E-state index in [4.69, 9.17) is 14.8 Å². The van der Waals surface area contributed by atoms with Gasteiger partial charge in [0.15, 0.2) is 0 Å². The number of anilines is 1. The Balaban J connectivity index is 1.59. The van der Waals surface area contributed by atoms with Gasteiger partial charge in [0, 0.05) is 6.42 Å². The van der Waals surface area contributed by atoms with Crippen LogP contribution in [-0.4, -0.2) is 17.8 Å². The van der Waals surface area contributed by atoms with Gasteiger partial charge in [-0.3, -0.25) is 0 Å². The van der Waals surface area contributed by atoms with Crippen molar-refractivity contribution in [3.63, 3.8) is 0 Å². The number of thiazole rings is 1. The van der Waals surface area contributed by atoms with Gasteiger partial charge in [0.25, 0.3) is 0 Å². The summed E-state index contributed by atoms with van der Waals surface area (Å²) in [5.41, 5.74) is 4.01. The number of methoxy groups -OCH3 is 1. The van der Waals surface area contributed by atoms with Gasteiger partial charge in [-0.05, 0) is 41.5 Å². The molecule has 144 valence electrons. The van der Waals surface area contributed by atoms with Gasteiger partial charge in [0.05, 0.1) is 29.1 Å². The molecule has 1 aliphatic rings. The molecule has 4 aromatic rings. The van der Waals surface area contributed by atoms with Crippen LogP contribution in [0.15, 0.2) is 77.9 Å². The second-order valence-corrected chi connectivity index (χ2v) is 7.87. The Kier molecular flexibility index (Phi) is 4.48. The highest BCUT2D eigenvalue weighted by Crippen LogP contribution is 2.40. The van der Waals surface area contributed by atoms with E-state index in [9.17, 15) is 4.39 Å². The van der Waals surface area contributed by atoms with Crippen LogP contribution in [0.4, 0.5) is 9.52 Å². The molecule has 0 bridgehead atoms. The van der Waals surface area contributed by atoms with E-state index >= 15 is 0 Å². The monoisotopic (exact) mass is 403 g/mol. The number of aromatic nitrogens is 1. The lowest BCUT2D eigenvalue weighted by atomic mass is 9.98. The van der Waals surface area contributed by atoms with E-state index < -0.39 is 0 Å². The Labute approximate surface area is 171 Å². The molecule has 5 rings (SSSR count). The molecule has 1 atom stereocenters. The summed E-state index contributed by atoms with van der Waals surface area (Å²) in [7, 11) is 1.66. The molecule has 1 aliphatic heterocycles. The first-order chi connectivity index (χ1) is 14.2. The molecule has 0 amide bonds. The standard InChI is InChI=1S/C23H18FN3OS/c1-28-18-11-12-19-22(13-18)29-23(25-19)27-21(16-7-9-17(24)10-8-16)14-20(26-27)15-5-3-2-4-6-15/h2-13,21H,14H2,1H3. The Bertz CT molecular complexity index is 1190. The highest BCUT2D eigenvalue weighted by Gasteiger charge is 2.31. The second kappa shape index (κ2) is 7.29. The van der Waals surface area contributed by atoms with Crippen molar-refractivity contribution in [2.24, 2.45) is 5.10 Å². The Morgan fingerprint density at radius 3 is 2.59 bits per heavy atom.